The van der Waals surface area contributed by atoms with Gasteiger partial charge in [0.2, 0.25) is 0 Å². The number of alkyl halides is 3. The number of nitriles is 1. The predicted octanol–water partition coefficient (Wildman–Crippen LogP) is 7.14. The number of nitrogens with zero attached hydrogens (tertiary/aromatic N) is 1. The van der Waals surface area contributed by atoms with Crippen molar-refractivity contribution in [2.75, 3.05) is 11.9 Å². The lowest BCUT2D eigenvalue weighted by Gasteiger charge is -2.15. The van der Waals surface area contributed by atoms with Crippen molar-refractivity contribution in [1.82, 2.24) is 0 Å². The van der Waals surface area contributed by atoms with Gasteiger partial charge in [-0.2, -0.15) is 18.4 Å². The minimum Gasteiger partial charge on any atom is -0.490 e. The molecule has 0 saturated carbocycles. The topological polar surface area (TPSA) is 71.3 Å². The van der Waals surface area contributed by atoms with Crippen LogP contribution < -0.4 is 14.8 Å². The van der Waals surface area contributed by atoms with Gasteiger partial charge in [-0.3, -0.25) is 4.79 Å². The first kappa shape index (κ1) is 27.1. The zero-order valence-electron chi connectivity index (χ0n) is 19.4. The molecule has 3 rings (SSSR count). The third kappa shape index (κ3) is 7.24. The van der Waals surface area contributed by atoms with E-state index in [1.807, 2.05) is 38.1 Å². The number of aryl methyl sites for hydroxylation is 1. The molecule has 0 aromatic heterocycles. The number of halogens is 4. The Hall–Kier alpha value is -3.52. The van der Waals surface area contributed by atoms with E-state index in [0.717, 1.165) is 23.3 Å². The van der Waals surface area contributed by atoms with E-state index in [2.05, 4.69) is 27.9 Å². The number of carbonyl (C=O) groups excluding carboxylic acids is 1. The highest BCUT2D eigenvalue weighted by Crippen LogP contribution is 2.36. The summed E-state index contributed by atoms with van der Waals surface area (Å²) in [6.45, 7) is 4.51. The van der Waals surface area contributed by atoms with E-state index in [4.69, 9.17) is 9.47 Å². The zero-order chi connectivity index (χ0) is 26.3. The van der Waals surface area contributed by atoms with Gasteiger partial charge in [0.1, 0.15) is 18.2 Å². The molecule has 0 spiro atoms. The highest BCUT2D eigenvalue weighted by Gasteiger charge is 2.30. The first-order valence-corrected chi connectivity index (χ1v) is 11.9. The molecule has 186 valence electrons. The lowest BCUT2D eigenvalue weighted by molar-refractivity contribution is -0.137. The Morgan fingerprint density at radius 1 is 1.11 bits per heavy atom. The molecule has 0 aliphatic heterocycles. The van der Waals surface area contributed by atoms with E-state index >= 15 is 0 Å². The monoisotopic (exact) mass is 606 g/mol. The lowest BCUT2D eigenvalue weighted by atomic mass is 10.1. The molecular weight excluding hydrogens is 584 g/mol. The Bertz CT molecular complexity index is 1330. The van der Waals surface area contributed by atoms with Crippen molar-refractivity contribution in [3.8, 4) is 17.6 Å². The van der Waals surface area contributed by atoms with Crippen LogP contribution in [0.3, 0.4) is 0 Å². The van der Waals surface area contributed by atoms with Gasteiger partial charge in [0.05, 0.1) is 15.7 Å². The quantitative estimate of drug-likeness (QED) is 0.168. The molecular formula is C27H22F3IN2O3. The first-order chi connectivity index (χ1) is 17.1. The van der Waals surface area contributed by atoms with Crippen LogP contribution in [0, 0.1) is 21.8 Å². The van der Waals surface area contributed by atoms with Crippen LogP contribution in [-0.2, 0) is 17.6 Å². The second kappa shape index (κ2) is 11.9. The standard InChI is InChI=1S/C27H22F3IN2O3/c1-3-35-24-13-19(12-23(31)25(24)36-16-18-7-4-6-17(2)10-18)11-20(15-32)26(34)33-22-9-5-8-21(14-22)27(28,29)30/h4-14H,3,16H2,1-2H3,(H,33,34)/b20-11+. The summed E-state index contributed by atoms with van der Waals surface area (Å²) in [5, 5.41) is 11.9. The molecule has 1 amide bonds. The number of anilines is 1. The maximum Gasteiger partial charge on any atom is 0.416 e. The molecule has 36 heavy (non-hydrogen) atoms. The van der Waals surface area contributed by atoms with Gasteiger partial charge in [0.15, 0.2) is 11.5 Å². The van der Waals surface area contributed by atoms with Crippen LogP contribution in [0.15, 0.2) is 66.2 Å². The summed E-state index contributed by atoms with van der Waals surface area (Å²) in [6, 6.07) is 17.3. The number of nitrogens with one attached hydrogen (secondary N) is 1. The normalized spacial score (nSPS) is 11.5. The van der Waals surface area contributed by atoms with Crippen LogP contribution in [0.5, 0.6) is 11.5 Å². The first-order valence-electron chi connectivity index (χ1n) is 10.9. The van der Waals surface area contributed by atoms with Crippen LogP contribution in [0.25, 0.3) is 6.08 Å². The Kier molecular flexibility index (Phi) is 8.98. The molecule has 0 fully saturated rings. The zero-order valence-corrected chi connectivity index (χ0v) is 21.6. The number of rotatable bonds is 8. The van der Waals surface area contributed by atoms with Crippen LogP contribution in [0.1, 0.15) is 29.2 Å². The minimum absolute atomic E-state index is 0.0690. The number of ether oxygens (including phenoxy) is 2. The summed E-state index contributed by atoms with van der Waals surface area (Å²) in [5.74, 6) is 0.145. The van der Waals surface area contributed by atoms with Crippen molar-refractivity contribution in [2.45, 2.75) is 26.6 Å². The van der Waals surface area contributed by atoms with Gasteiger partial charge in [-0.25, -0.2) is 0 Å². The third-order valence-electron chi connectivity index (χ3n) is 4.92. The molecule has 0 bridgehead atoms. The molecule has 0 aliphatic rings. The molecule has 0 atom stereocenters. The molecule has 1 N–H and O–H groups in total. The van der Waals surface area contributed by atoms with Crippen LogP contribution >= 0.6 is 22.6 Å². The molecule has 0 saturated heterocycles. The summed E-state index contributed by atoms with van der Waals surface area (Å²) in [7, 11) is 0. The van der Waals surface area contributed by atoms with Gasteiger partial charge in [-0.05, 0) is 84.0 Å². The molecule has 5 nitrogen and oxygen atoms in total. The maximum atomic E-state index is 13.0. The lowest BCUT2D eigenvalue weighted by Crippen LogP contribution is -2.14. The number of benzene rings is 3. The minimum atomic E-state index is -4.55. The average molecular weight is 606 g/mol. The molecule has 3 aromatic carbocycles. The van der Waals surface area contributed by atoms with Crippen molar-refractivity contribution >= 4 is 40.3 Å². The van der Waals surface area contributed by atoms with Crippen molar-refractivity contribution in [1.29, 1.82) is 5.26 Å². The van der Waals surface area contributed by atoms with E-state index in [0.29, 0.717) is 33.8 Å². The van der Waals surface area contributed by atoms with Crippen LogP contribution in [0.4, 0.5) is 18.9 Å². The van der Waals surface area contributed by atoms with Crippen molar-refractivity contribution < 1.29 is 27.4 Å². The molecule has 0 heterocycles. The number of amides is 1. The third-order valence-corrected chi connectivity index (χ3v) is 5.72. The average Bonchev–Trinajstić information content (AvgIpc) is 2.82. The highest BCUT2D eigenvalue weighted by molar-refractivity contribution is 14.1. The summed E-state index contributed by atoms with van der Waals surface area (Å²) >= 11 is 2.08. The number of carbonyl (C=O) groups is 1. The van der Waals surface area contributed by atoms with Gasteiger partial charge in [0.25, 0.3) is 5.91 Å². The Balaban J connectivity index is 1.84. The van der Waals surface area contributed by atoms with Gasteiger partial charge in [-0.15, -0.1) is 0 Å². The maximum absolute atomic E-state index is 13.0. The second-order valence-electron chi connectivity index (χ2n) is 7.74. The van der Waals surface area contributed by atoms with Gasteiger partial charge in [0, 0.05) is 5.69 Å². The van der Waals surface area contributed by atoms with E-state index in [1.165, 1.54) is 18.2 Å². The van der Waals surface area contributed by atoms with Crippen molar-refractivity contribution in [3.63, 3.8) is 0 Å². The Morgan fingerprint density at radius 3 is 2.53 bits per heavy atom. The van der Waals surface area contributed by atoms with Gasteiger partial charge >= 0.3 is 6.18 Å². The largest absolute Gasteiger partial charge is 0.490 e. The summed E-state index contributed by atoms with van der Waals surface area (Å²) in [5.41, 5.74) is 1.36. The van der Waals surface area contributed by atoms with E-state index in [1.54, 1.807) is 18.2 Å². The fourth-order valence-electron chi connectivity index (χ4n) is 3.32. The van der Waals surface area contributed by atoms with Crippen molar-refractivity contribution in [3.05, 3.63) is 92.1 Å². The van der Waals surface area contributed by atoms with Crippen molar-refractivity contribution in [2.24, 2.45) is 0 Å². The highest BCUT2D eigenvalue weighted by atomic mass is 127. The van der Waals surface area contributed by atoms with Crippen LogP contribution in [-0.4, -0.2) is 12.5 Å². The number of hydrogen-bond donors (Lipinski definition) is 1. The summed E-state index contributed by atoms with van der Waals surface area (Å²) in [6.07, 6.45) is -3.21. The van der Waals surface area contributed by atoms with E-state index in [9.17, 15) is 23.2 Å². The molecule has 0 aliphatic carbocycles. The smallest absolute Gasteiger partial charge is 0.416 e. The molecule has 0 unspecified atom stereocenters. The summed E-state index contributed by atoms with van der Waals surface area (Å²) < 4.78 is 51.3. The number of hydrogen-bond acceptors (Lipinski definition) is 4. The summed E-state index contributed by atoms with van der Waals surface area (Å²) in [4.78, 5) is 12.6. The Labute approximate surface area is 220 Å². The van der Waals surface area contributed by atoms with E-state index < -0.39 is 17.6 Å². The van der Waals surface area contributed by atoms with E-state index in [-0.39, 0.29) is 11.3 Å². The fourth-order valence-corrected chi connectivity index (χ4v) is 4.10. The molecule has 3 aromatic rings. The van der Waals surface area contributed by atoms with Crippen LogP contribution in [0.2, 0.25) is 0 Å². The molecule has 0 radical (unpaired) electrons. The Morgan fingerprint density at radius 2 is 1.86 bits per heavy atom. The van der Waals surface area contributed by atoms with Gasteiger partial charge < -0.3 is 14.8 Å². The van der Waals surface area contributed by atoms with Gasteiger partial charge in [-0.1, -0.05) is 35.9 Å². The predicted molar refractivity (Wildman–Crippen MR) is 140 cm³/mol. The SMILES string of the molecule is CCOc1cc(/C=C(\C#N)C(=O)Nc2cccc(C(F)(F)F)c2)cc(I)c1OCc1cccc(C)c1. The second-order valence-corrected chi connectivity index (χ2v) is 8.91. The fraction of sp³-hybridized carbons (Fsp3) is 0.185. The molecule has 9 heteroatoms.